The van der Waals surface area contributed by atoms with Gasteiger partial charge in [-0.15, -0.1) is 0 Å². The summed E-state index contributed by atoms with van der Waals surface area (Å²) in [6.07, 6.45) is 0. The molecule has 21 heavy (non-hydrogen) atoms. The Bertz CT molecular complexity index is 662. The highest BCUT2D eigenvalue weighted by Gasteiger charge is 2.15. The third kappa shape index (κ3) is 3.60. The minimum absolute atomic E-state index is 0.00576. The van der Waals surface area contributed by atoms with E-state index in [9.17, 15) is 14.3 Å². The number of phenolic OH excluding ortho intramolecular Hbond substituents is 1. The van der Waals surface area contributed by atoms with Crippen LogP contribution < -0.4 is 4.90 Å². The Balaban J connectivity index is 2.20. The van der Waals surface area contributed by atoms with Gasteiger partial charge in [0.1, 0.15) is 11.6 Å². The van der Waals surface area contributed by atoms with Crippen LogP contribution in [0.25, 0.3) is 0 Å². The van der Waals surface area contributed by atoms with Crippen LogP contribution in [0.2, 0.25) is 0 Å². The molecule has 0 bridgehead atoms. The van der Waals surface area contributed by atoms with E-state index in [2.05, 4.69) is 6.07 Å². The maximum absolute atomic E-state index is 13.2. The molecule has 0 radical (unpaired) electrons. The second-order valence-corrected chi connectivity index (χ2v) is 5.29. The van der Waals surface area contributed by atoms with Crippen molar-refractivity contribution < 1.29 is 14.3 Å². The summed E-state index contributed by atoms with van der Waals surface area (Å²) in [7, 11) is 1.79. The van der Waals surface area contributed by atoms with Crippen molar-refractivity contribution in [3.8, 4) is 5.75 Å². The minimum Gasteiger partial charge on any atom is -0.507 e. The van der Waals surface area contributed by atoms with Gasteiger partial charge in [0.05, 0.1) is 12.1 Å². The monoisotopic (exact) mass is 287 g/mol. The van der Waals surface area contributed by atoms with E-state index in [1.807, 2.05) is 26.0 Å². The van der Waals surface area contributed by atoms with Gasteiger partial charge in [-0.2, -0.15) is 0 Å². The number of aryl methyl sites for hydroxylation is 2. The van der Waals surface area contributed by atoms with E-state index in [-0.39, 0.29) is 23.6 Å². The van der Waals surface area contributed by atoms with Gasteiger partial charge in [-0.1, -0.05) is 6.07 Å². The molecule has 2 rings (SSSR count). The van der Waals surface area contributed by atoms with Gasteiger partial charge < -0.3 is 10.0 Å². The lowest BCUT2D eigenvalue weighted by Gasteiger charge is -2.20. The molecule has 0 saturated heterocycles. The van der Waals surface area contributed by atoms with Crippen LogP contribution in [0.15, 0.2) is 36.4 Å². The topological polar surface area (TPSA) is 40.5 Å². The normalized spacial score (nSPS) is 10.5. The summed E-state index contributed by atoms with van der Waals surface area (Å²) in [6, 6.07) is 9.39. The molecule has 2 aromatic carbocycles. The van der Waals surface area contributed by atoms with Gasteiger partial charge in [0.15, 0.2) is 5.78 Å². The molecule has 0 amide bonds. The zero-order valence-electron chi connectivity index (χ0n) is 12.4. The Morgan fingerprint density at radius 2 is 1.76 bits per heavy atom. The van der Waals surface area contributed by atoms with E-state index in [1.165, 1.54) is 6.07 Å². The smallest absolute Gasteiger partial charge is 0.185 e. The van der Waals surface area contributed by atoms with Gasteiger partial charge in [-0.3, -0.25) is 4.79 Å². The molecule has 0 saturated carbocycles. The Hall–Kier alpha value is -2.36. The summed E-state index contributed by atoms with van der Waals surface area (Å²) in [4.78, 5) is 14.0. The first-order chi connectivity index (χ1) is 9.86. The average molecular weight is 287 g/mol. The van der Waals surface area contributed by atoms with Crippen molar-refractivity contribution in [3.63, 3.8) is 0 Å². The number of aromatic hydroxyl groups is 1. The Kier molecular flexibility index (Phi) is 4.26. The largest absolute Gasteiger partial charge is 0.507 e. The number of hydrogen-bond donors (Lipinski definition) is 1. The lowest BCUT2D eigenvalue weighted by atomic mass is 10.1. The maximum Gasteiger partial charge on any atom is 0.185 e. The van der Waals surface area contributed by atoms with Crippen LogP contribution in [-0.2, 0) is 0 Å². The van der Waals surface area contributed by atoms with Crippen LogP contribution in [0.4, 0.5) is 10.1 Å². The van der Waals surface area contributed by atoms with E-state index < -0.39 is 5.82 Å². The van der Waals surface area contributed by atoms with E-state index >= 15 is 0 Å². The third-order valence-corrected chi connectivity index (χ3v) is 3.29. The van der Waals surface area contributed by atoms with E-state index in [1.54, 1.807) is 11.9 Å². The molecule has 4 heteroatoms. The lowest BCUT2D eigenvalue weighted by Crippen LogP contribution is -2.25. The standard InChI is InChI=1S/C17H18FNO2/c1-11-6-12(2)8-14(7-11)19(3)10-17(21)15-9-13(18)4-5-16(15)20/h4-9,20H,10H2,1-3H3. The summed E-state index contributed by atoms with van der Waals surface area (Å²) < 4.78 is 13.2. The second-order valence-electron chi connectivity index (χ2n) is 5.29. The van der Waals surface area contributed by atoms with Gasteiger partial charge in [0.25, 0.3) is 0 Å². The predicted molar refractivity (Wildman–Crippen MR) is 81.6 cm³/mol. The third-order valence-electron chi connectivity index (χ3n) is 3.29. The number of halogens is 1. The Morgan fingerprint density at radius 1 is 1.14 bits per heavy atom. The first kappa shape index (κ1) is 15.0. The molecule has 0 fully saturated rings. The maximum atomic E-state index is 13.2. The van der Waals surface area contributed by atoms with Crippen LogP contribution in [0, 0.1) is 19.7 Å². The summed E-state index contributed by atoms with van der Waals surface area (Å²) in [5, 5.41) is 9.67. The van der Waals surface area contributed by atoms with Gasteiger partial charge in [0, 0.05) is 12.7 Å². The van der Waals surface area contributed by atoms with E-state index in [4.69, 9.17) is 0 Å². The predicted octanol–water partition coefficient (Wildman–Crippen LogP) is 3.47. The number of ketones is 1. The van der Waals surface area contributed by atoms with Crippen molar-refractivity contribution in [2.45, 2.75) is 13.8 Å². The zero-order valence-corrected chi connectivity index (χ0v) is 12.4. The van der Waals surface area contributed by atoms with Crippen molar-refractivity contribution in [3.05, 3.63) is 58.9 Å². The molecule has 0 aromatic heterocycles. The van der Waals surface area contributed by atoms with Crippen LogP contribution >= 0.6 is 0 Å². The number of carbonyl (C=O) groups is 1. The average Bonchev–Trinajstić information content (AvgIpc) is 2.40. The number of rotatable bonds is 4. The molecule has 2 aromatic rings. The highest BCUT2D eigenvalue weighted by molar-refractivity contribution is 6.01. The van der Waals surface area contributed by atoms with Crippen LogP contribution in [0.5, 0.6) is 5.75 Å². The van der Waals surface area contributed by atoms with Crippen molar-refractivity contribution in [2.75, 3.05) is 18.5 Å². The first-order valence-corrected chi connectivity index (χ1v) is 6.68. The molecule has 0 unspecified atom stereocenters. The molecule has 0 aliphatic rings. The molecule has 0 aliphatic carbocycles. The number of Topliss-reactive ketones (excluding diaryl/α,β-unsaturated/α-hetero) is 1. The van der Waals surface area contributed by atoms with Crippen LogP contribution in [0.3, 0.4) is 0 Å². The van der Waals surface area contributed by atoms with Crippen molar-refractivity contribution in [2.24, 2.45) is 0 Å². The number of anilines is 1. The summed E-state index contributed by atoms with van der Waals surface area (Å²) >= 11 is 0. The van der Waals surface area contributed by atoms with Crippen molar-refractivity contribution in [1.29, 1.82) is 0 Å². The summed E-state index contributed by atoms with van der Waals surface area (Å²) in [5.74, 6) is -1.06. The Morgan fingerprint density at radius 3 is 2.38 bits per heavy atom. The fraction of sp³-hybridized carbons (Fsp3) is 0.235. The number of carbonyl (C=O) groups excluding carboxylic acids is 1. The number of likely N-dealkylation sites (N-methyl/N-ethyl adjacent to an activating group) is 1. The number of nitrogens with zero attached hydrogens (tertiary/aromatic N) is 1. The molecule has 110 valence electrons. The van der Waals surface area contributed by atoms with Gasteiger partial charge in [0.2, 0.25) is 0 Å². The molecule has 0 heterocycles. The lowest BCUT2D eigenvalue weighted by molar-refractivity contribution is 0.0997. The van der Waals surface area contributed by atoms with Gasteiger partial charge in [-0.05, 0) is 55.3 Å². The molecule has 3 nitrogen and oxygen atoms in total. The number of hydrogen-bond acceptors (Lipinski definition) is 3. The molecule has 0 spiro atoms. The zero-order chi connectivity index (χ0) is 15.6. The van der Waals surface area contributed by atoms with Gasteiger partial charge >= 0.3 is 0 Å². The first-order valence-electron chi connectivity index (χ1n) is 6.68. The Labute approximate surface area is 123 Å². The number of phenols is 1. The summed E-state index contributed by atoms with van der Waals surface area (Å²) in [5.41, 5.74) is 3.14. The minimum atomic E-state index is -0.537. The highest BCUT2D eigenvalue weighted by atomic mass is 19.1. The van der Waals surface area contributed by atoms with Crippen molar-refractivity contribution >= 4 is 11.5 Å². The number of benzene rings is 2. The SMILES string of the molecule is Cc1cc(C)cc(N(C)CC(=O)c2cc(F)ccc2O)c1. The van der Waals surface area contributed by atoms with Gasteiger partial charge in [-0.25, -0.2) is 4.39 Å². The highest BCUT2D eigenvalue weighted by Crippen LogP contribution is 2.21. The molecule has 0 aliphatic heterocycles. The van der Waals surface area contributed by atoms with E-state index in [0.29, 0.717) is 0 Å². The fourth-order valence-electron chi connectivity index (χ4n) is 2.29. The molecule has 1 N–H and O–H groups in total. The fourth-order valence-corrected chi connectivity index (χ4v) is 2.29. The molecular weight excluding hydrogens is 269 g/mol. The summed E-state index contributed by atoms with van der Waals surface area (Å²) in [6.45, 7) is 4.05. The molecular formula is C17H18FNO2. The van der Waals surface area contributed by atoms with Crippen molar-refractivity contribution in [1.82, 2.24) is 0 Å². The van der Waals surface area contributed by atoms with E-state index in [0.717, 1.165) is 28.9 Å². The molecule has 0 atom stereocenters. The second kappa shape index (κ2) is 5.95. The van der Waals surface area contributed by atoms with Crippen LogP contribution in [-0.4, -0.2) is 24.5 Å². The van der Waals surface area contributed by atoms with Crippen LogP contribution in [0.1, 0.15) is 21.5 Å². The quantitative estimate of drug-likeness (QED) is 0.875.